The summed E-state index contributed by atoms with van der Waals surface area (Å²) in [4.78, 5) is 9.05. The van der Waals surface area contributed by atoms with E-state index in [0.717, 1.165) is 11.2 Å². The molecule has 0 radical (unpaired) electrons. The van der Waals surface area contributed by atoms with Crippen LogP contribution in [0.2, 0.25) is 0 Å². The van der Waals surface area contributed by atoms with Gasteiger partial charge in [-0.25, -0.2) is 0 Å². The molecule has 0 unspecified atom stereocenters. The molecule has 2 heterocycles. The summed E-state index contributed by atoms with van der Waals surface area (Å²) in [7, 11) is 0. The highest BCUT2D eigenvalue weighted by molar-refractivity contribution is 5.92. The van der Waals surface area contributed by atoms with E-state index in [0.29, 0.717) is 0 Å². The van der Waals surface area contributed by atoms with E-state index in [1.807, 2.05) is 30.6 Å². The first-order valence-electron chi connectivity index (χ1n) is 8.60. The Morgan fingerprint density at radius 2 is 1.56 bits per heavy atom. The van der Waals surface area contributed by atoms with Crippen molar-refractivity contribution in [3.8, 4) is 22.4 Å². The van der Waals surface area contributed by atoms with Gasteiger partial charge in [-0.3, -0.25) is 9.97 Å². The molecule has 2 nitrogen and oxygen atoms in total. The maximum absolute atomic E-state index is 4.54. The smallest absolute Gasteiger partial charge is 0.0705 e. The van der Waals surface area contributed by atoms with E-state index < -0.39 is 0 Å². The lowest BCUT2D eigenvalue weighted by molar-refractivity contribution is 0.661. The van der Waals surface area contributed by atoms with E-state index in [-0.39, 0.29) is 5.41 Å². The van der Waals surface area contributed by atoms with Crippen molar-refractivity contribution in [2.45, 2.75) is 19.3 Å². The lowest BCUT2D eigenvalue weighted by atomic mass is 9.81. The molecule has 5 rings (SSSR count). The molecular weight excluding hydrogens is 304 g/mol. The number of benzene rings is 2. The molecule has 0 N–H and O–H groups in total. The minimum absolute atomic E-state index is 0.0405. The van der Waals surface area contributed by atoms with Crippen molar-refractivity contribution in [2.75, 3.05) is 0 Å². The Labute approximate surface area is 147 Å². The zero-order valence-corrected chi connectivity index (χ0v) is 14.3. The van der Waals surface area contributed by atoms with Crippen molar-refractivity contribution >= 4 is 10.9 Å². The molecular formula is C23H18N2. The number of rotatable bonds is 1. The third kappa shape index (κ3) is 2.04. The van der Waals surface area contributed by atoms with Crippen LogP contribution in [0.1, 0.15) is 25.0 Å². The fourth-order valence-electron chi connectivity index (χ4n) is 3.99. The first-order chi connectivity index (χ1) is 12.1. The van der Waals surface area contributed by atoms with Crippen LogP contribution in [0.5, 0.6) is 0 Å². The largest absolute Gasteiger partial charge is 0.256 e. The van der Waals surface area contributed by atoms with Gasteiger partial charge in [-0.2, -0.15) is 0 Å². The summed E-state index contributed by atoms with van der Waals surface area (Å²) in [6.45, 7) is 4.60. The molecule has 1 aliphatic rings. The van der Waals surface area contributed by atoms with Crippen molar-refractivity contribution in [1.29, 1.82) is 0 Å². The van der Waals surface area contributed by atoms with Crippen LogP contribution >= 0.6 is 0 Å². The molecule has 0 saturated carbocycles. The Hall–Kier alpha value is -3.00. The molecule has 0 bridgehead atoms. The van der Waals surface area contributed by atoms with Gasteiger partial charge >= 0.3 is 0 Å². The number of pyridine rings is 2. The van der Waals surface area contributed by atoms with Crippen molar-refractivity contribution in [1.82, 2.24) is 9.97 Å². The maximum atomic E-state index is 4.54. The van der Waals surface area contributed by atoms with Crippen LogP contribution in [-0.4, -0.2) is 9.97 Å². The van der Waals surface area contributed by atoms with Gasteiger partial charge in [0.05, 0.1) is 11.2 Å². The molecule has 25 heavy (non-hydrogen) atoms. The number of hydrogen-bond acceptors (Lipinski definition) is 2. The van der Waals surface area contributed by atoms with Gasteiger partial charge in [-0.1, -0.05) is 38.1 Å². The molecule has 0 atom stereocenters. The summed E-state index contributed by atoms with van der Waals surface area (Å²) in [6.07, 6.45) is 3.71. The van der Waals surface area contributed by atoms with Crippen molar-refractivity contribution in [3.05, 3.63) is 84.2 Å². The van der Waals surface area contributed by atoms with E-state index in [9.17, 15) is 0 Å². The first-order valence-corrected chi connectivity index (χ1v) is 8.60. The third-order valence-electron chi connectivity index (χ3n) is 5.36. The van der Waals surface area contributed by atoms with Crippen LogP contribution in [0.4, 0.5) is 0 Å². The van der Waals surface area contributed by atoms with Crippen LogP contribution in [0.3, 0.4) is 0 Å². The van der Waals surface area contributed by atoms with E-state index in [4.69, 9.17) is 0 Å². The number of nitrogens with zero attached hydrogens (tertiary/aromatic N) is 2. The zero-order valence-electron chi connectivity index (χ0n) is 14.3. The van der Waals surface area contributed by atoms with Gasteiger partial charge in [0.2, 0.25) is 0 Å². The lowest BCUT2D eigenvalue weighted by Gasteiger charge is -2.22. The summed E-state index contributed by atoms with van der Waals surface area (Å²) < 4.78 is 0. The first kappa shape index (κ1) is 14.4. The van der Waals surface area contributed by atoms with Crippen molar-refractivity contribution in [2.24, 2.45) is 0 Å². The van der Waals surface area contributed by atoms with Gasteiger partial charge in [0.1, 0.15) is 0 Å². The molecule has 0 amide bonds. The topological polar surface area (TPSA) is 25.8 Å². The molecule has 0 aliphatic heterocycles. The molecule has 4 aromatic rings. The van der Waals surface area contributed by atoms with Crippen LogP contribution in [0.25, 0.3) is 33.3 Å². The minimum Gasteiger partial charge on any atom is -0.256 e. The van der Waals surface area contributed by atoms with Crippen LogP contribution < -0.4 is 0 Å². The van der Waals surface area contributed by atoms with Crippen LogP contribution in [0, 0.1) is 0 Å². The predicted molar refractivity (Wildman–Crippen MR) is 103 cm³/mol. The van der Waals surface area contributed by atoms with Crippen LogP contribution in [-0.2, 0) is 5.41 Å². The second-order valence-corrected chi connectivity index (χ2v) is 7.19. The van der Waals surface area contributed by atoms with Gasteiger partial charge in [0, 0.05) is 28.8 Å². The summed E-state index contributed by atoms with van der Waals surface area (Å²) >= 11 is 0. The van der Waals surface area contributed by atoms with E-state index in [2.05, 4.69) is 66.3 Å². The molecule has 120 valence electrons. The van der Waals surface area contributed by atoms with E-state index >= 15 is 0 Å². The van der Waals surface area contributed by atoms with Crippen molar-refractivity contribution < 1.29 is 0 Å². The molecule has 2 heteroatoms. The number of fused-ring (bicyclic) bond motifs is 4. The number of hydrogen-bond donors (Lipinski definition) is 0. The average Bonchev–Trinajstić information content (AvgIpc) is 2.88. The second kappa shape index (κ2) is 5.00. The Bertz CT molecular complexity index is 1110. The second-order valence-electron chi connectivity index (χ2n) is 7.19. The Morgan fingerprint density at radius 1 is 0.720 bits per heavy atom. The van der Waals surface area contributed by atoms with Gasteiger partial charge in [-0.15, -0.1) is 0 Å². The molecule has 0 fully saturated rings. The third-order valence-corrected chi connectivity index (χ3v) is 5.36. The lowest BCUT2D eigenvalue weighted by Crippen LogP contribution is -2.15. The monoisotopic (exact) mass is 322 g/mol. The molecule has 2 aromatic carbocycles. The Balaban J connectivity index is 1.76. The maximum Gasteiger partial charge on any atom is 0.0705 e. The molecule has 0 saturated heterocycles. The van der Waals surface area contributed by atoms with Gasteiger partial charge in [0.15, 0.2) is 0 Å². The summed E-state index contributed by atoms with van der Waals surface area (Å²) in [5.74, 6) is 0. The van der Waals surface area contributed by atoms with Gasteiger partial charge in [0.25, 0.3) is 0 Å². The molecule has 0 spiro atoms. The summed E-state index contributed by atoms with van der Waals surface area (Å²) in [6, 6.07) is 21.5. The van der Waals surface area contributed by atoms with E-state index in [1.165, 1.54) is 33.2 Å². The summed E-state index contributed by atoms with van der Waals surface area (Å²) in [5.41, 5.74) is 8.58. The molecule has 1 aliphatic carbocycles. The normalized spacial score (nSPS) is 14.3. The van der Waals surface area contributed by atoms with Gasteiger partial charge in [-0.05, 0) is 58.7 Å². The minimum atomic E-state index is -0.0405. The van der Waals surface area contributed by atoms with Crippen molar-refractivity contribution in [3.63, 3.8) is 0 Å². The average molecular weight is 322 g/mol. The highest BCUT2D eigenvalue weighted by Gasteiger charge is 2.36. The Morgan fingerprint density at radius 3 is 2.40 bits per heavy atom. The van der Waals surface area contributed by atoms with Gasteiger partial charge < -0.3 is 0 Å². The van der Waals surface area contributed by atoms with Crippen LogP contribution in [0.15, 0.2) is 73.1 Å². The molecule has 2 aromatic heterocycles. The van der Waals surface area contributed by atoms with E-state index in [1.54, 1.807) is 0 Å². The number of aromatic nitrogens is 2. The quantitative estimate of drug-likeness (QED) is 0.455. The SMILES string of the molecule is CC1(C)c2cc(-c3ccccn3)ccc2-c2cc3cccnc3cc21. The summed E-state index contributed by atoms with van der Waals surface area (Å²) in [5, 5.41) is 1.19. The highest BCUT2D eigenvalue weighted by Crippen LogP contribution is 2.50. The highest BCUT2D eigenvalue weighted by atomic mass is 14.7. The predicted octanol–water partition coefficient (Wildman–Crippen LogP) is 5.60. The standard InChI is InChI=1S/C23H18N2/c1-23(2)19-13-16(21-7-3-4-10-24-21)8-9-17(19)18-12-15-6-5-11-25-22(15)14-20(18)23/h3-14H,1-2H3. The Kier molecular flexibility index (Phi) is 2.87. The zero-order chi connectivity index (χ0) is 17.0. The fourth-order valence-corrected chi connectivity index (χ4v) is 3.99. The fraction of sp³-hybridized carbons (Fsp3) is 0.130.